The van der Waals surface area contributed by atoms with Gasteiger partial charge in [-0.2, -0.15) is 0 Å². The molecule has 0 bridgehead atoms. The lowest BCUT2D eigenvalue weighted by Gasteiger charge is -2.04. The largest absolute Gasteiger partial charge is 0.309 e. The van der Waals surface area contributed by atoms with Gasteiger partial charge in [-0.3, -0.25) is 4.98 Å². The zero-order valence-corrected chi connectivity index (χ0v) is 8.57. The normalized spacial score (nSPS) is 11.0. The van der Waals surface area contributed by atoms with Crippen LogP contribution in [0.25, 0.3) is 17.0 Å². The van der Waals surface area contributed by atoms with Crippen LogP contribution in [0, 0.1) is 12.3 Å². The highest BCUT2D eigenvalue weighted by molar-refractivity contribution is 5.86. The highest BCUT2D eigenvalue weighted by Gasteiger charge is 2.00. The van der Waals surface area contributed by atoms with Gasteiger partial charge in [0.15, 0.2) is 0 Å². The Morgan fingerprint density at radius 3 is 2.93 bits per heavy atom. The fourth-order valence-electron chi connectivity index (χ4n) is 1.64. The molecular weight excluding hydrogens is 184 g/mol. The summed E-state index contributed by atoms with van der Waals surface area (Å²) in [6.45, 7) is 2.05. The standard InChI is InChI=1S/C13H12N2/c1-10-11(4-2-8-14)6-7-12-5-3-9-15-13(10)12/h2-9,14H,1H3/b4-2-,14-8?. The van der Waals surface area contributed by atoms with Crippen molar-refractivity contribution in [2.45, 2.75) is 6.92 Å². The molecule has 0 unspecified atom stereocenters. The molecule has 0 fully saturated rings. The number of aryl methyl sites for hydroxylation is 1. The van der Waals surface area contributed by atoms with Crippen LogP contribution in [0.1, 0.15) is 11.1 Å². The van der Waals surface area contributed by atoms with E-state index in [1.54, 1.807) is 12.3 Å². The summed E-state index contributed by atoms with van der Waals surface area (Å²) >= 11 is 0. The van der Waals surface area contributed by atoms with Gasteiger partial charge in [-0.15, -0.1) is 0 Å². The number of pyridine rings is 1. The maximum atomic E-state index is 6.96. The van der Waals surface area contributed by atoms with Crippen LogP contribution in [0.5, 0.6) is 0 Å². The Morgan fingerprint density at radius 2 is 2.13 bits per heavy atom. The Morgan fingerprint density at radius 1 is 1.27 bits per heavy atom. The second kappa shape index (κ2) is 4.05. The molecule has 0 aliphatic rings. The molecule has 1 aromatic carbocycles. The molecule has 0 aliphatic carbocycles. The summed E-state index contributed by atoms with van der Waals surface area (Å²) in [5.74, 6) is 0. The van der Waals surface area contributed by atoms with Crippen LogP contribution in [0.4, 0.5) is 0 Å². The van der Waals surface area contributed by atoms with Gasteiger partial charge in [-0.1, -0.05) is 24.3 Å². The molecular formula is C13H12N2. The van der Waals surface area contributed by atoms with Gasteiger partial charge < -0.3 is 5.41 Å². The number of benzene rings is 1. The molecule has 0 atom stereocenters. The summed E-state index contributed by atoms with van der Waals surface area (Å²) in [5.41, 5.74) is 3.31. The number of hydrogen-bond donors (Lipinski definition) is 1. The third kappa shape index (κ3) is 1.79. The highest BCUT2D eigenvalue weighted by atomic mass is 14.6. The van der Waals surface area contributed by atoms with Crippen molar-refractivity contribution in [2.24, 2.45) is 0 Å². The summed E-state index contributed by atoms with van der Waals surface area (Å²) in [4.78, 5) is 4.36. The topological polar surface area (TPSA) is 36.7 Å². The first-order chi connectivity index (χ1) is 7.33. The summed E-state index contributed by atoms with van der Waals surface area (Å²) in [5, 5.41) is 8.11. The third-order valence-corrected chi connectivity index (χ3v) is 2.44. The van der Waals surface area contributed by atoms with Crippen molar-refractivity contribution in [1.29, 1.82) is 5.41 Å². The molecule has 0 spiro atoms. The van der Waals surface area contributed by atoms with Crippen molar-refractivity contribution in [1.82, 2.24) is 4.98 Å². The van der Waals surface area contributed by atoms with E-state index in [2.05, 4.69) is 30.1 Å². The number of nitrogens with one attached hydrogen (secondary N) is 1. The van der Waals surface area contributed by atoms with Crippen molar-refractivity contribution in [3.63, 3.8) is 0 Å². The van der Waals surface area contributed by atoms with Gasteiger partial charge in [0, 0.05) is 17.8 Å². The fourth-order valence-corrected chi connectivity index (χ4v) is 1.64. The molecule has 2 aromatic rings. The van der Waals surface area contributed by atoms with Gasteiger partial charge in [-0.05, 0) is 30.2 Å². The average molecular weight is 196 g/mol. The number of aromatic nitrogens is 1. The molecule has 1 heterocycles. The first-order valence-corrected chi connectivity index (χ1v) is 4.84. The van der Waals surface area contributed by atoms with Gasteiger partial charge in [0.2, 0.25) is 0 Å². The molecule has 74 valence electrons. The molecule has 0 saturated carbocycles. The van der Waals surface area contributed by atoms with Crippen LogP contribution in [0.3, 0.4) is 0 Å². The molecule has 2 rings (SSSR count). The Hall–Kier alpha value is -1.96. The van der Waals surface area contributed by atoms with Gasteiger partial charge >= 0.3 is 0 Å². The minimum Gasteiger partial charge on any atom is -0.309 e. The summed E-state index contributed by atoms with van der Waals surface area (Å²) < 4.78 is 0. The van der Waals surface area contributed by atoms with Gasteiger partial charge in [0.1, 0.15) is 0 Å². The van der Waals surface area contributed by atoms with Crippen LogP contribution in [0.15, 0.2) is 36.5 Å². The third-order valence-electron chi connectivity index (χ3n) is 2.44. The number of rotatable bonds is 2. The molecule has 0 saturated heterocycles. The van der Waals surface area contributed by atoms with E-state index in [1.807, 2.05) is 12.1 Å². The maximum Gasteiger partial charge on any atom is 0.0737 e. The van der Waals surface area contributed by atoms with Crippen molar-refractivity contribution in [2.75, 3.05) is 0 Å². The van der Waals surface area contributed by atoms with E-state index in [-0.39, 0.29) is 0 Å². The van der Waals surface area contributed by atoms with E-state index in [0.717, 1.165) is 22.0 Å². The van der Waals surface area contributed by atoms with Crippen LogP contribution < -0.4 is 0 Å². The molecule has 15 heavy (non-hydrogen) atoms. The monoisotopic (exact) mass is 196 g/mol. The second-order valence-corrected chi connectivity index (χ2v) is 3.38. The van der Waals surface area contributed by atoms with E-state index in [0.29, 0.717) is 0 Å². The first-order valence-electron chi connectivity index (χ1n) is 4.84. The van der Waals surface area contributed by atoms with E-state index < -0.39 is 0 Å². The van der Waals surface area contributed by atoms with Crippen molar-refractivity contribution >= 4 is 23.2 Å². The highest BCUT2D eigenvalue weighted by Crippen LogP contribution is 2.20. The summed E-state index contributed by atoms with van der Waals surface area (Å²) in [6, 6.07) is 8.10. The second-order valence-electron chi connectivity index (χ2n) is 3.38. The fraction of sp³-hybridized carbons (Fsp3) is 0.0769. The summed E-state index contributed by atoms with van der Waals surface area (Å²) in [7, 11) is 0. The van der Waals surface area contributed by atoms with Crippen LogP contribution in [-0.4, -0.2) is 11.2 Å². The Balaban J connectivity index is 2.64. The predicted octanol–water partition coefficient (Wildman–Crippen LogP) is 3.21. The van der Waals surface area contributed by atoms with E-state index in [1.165, 1.54) is 6.21 Å². The average Bonchev–Trinajstić information content (AvgIpc) is 2.29. The molecule has 0 radical (unpaired) electrons. The zero-order valence-electron chi connectivity index (χ0n) is 8.57. The smallest absolute Gasteiger partial charge is 0.0737 e. The van der Waals surface area contributed by atoms with Crippen LogP contribution in [0.2, 0.25) is 0 Å². The van der Waals surface area contributed by atoms with Crippen LogP contribution in [-0.2, 0) is 0 Å². The summed E-state index contributed by atoms with van der Waals surface area (Å²) in [6.07, 6.45) is 6.73. The number of hydrogen-bond acceptors (Lipinski definition) is 2. The lowest BCUT2D eigenvalue weighted by Crippen LogP contribution is -1.86. The minimum absolute atomic E-state index is 1.03. The Labute approximate surface area is 88.8 Å². The van der Waals surface area contributed by atoms with Crippen molar-refractivity contribution in [3.8, 4) is 0 Å². The maximum absolute atomic E-state index is 6.96. The van der Waals surface area contributed by atoms with Gasteiger partial charge in [0.05, 0.1) is 5.52 Å². The molecule has 2 heteroatoms. The quantitative estimate of drug-likeness (QED) is 0.736. The van der Waals surface area contributed by atoms with E-state index >= 15 is 0 Å². The molecule has 1 N–H and O–H groups in total. The number of nitrogens with zero attached hydrogens (tertiary/aromatic N) is 1. The SMILES string of the molecule is Cc1c(/C=C\C=N)ccc2cccnc12. The van der Waals surface area contributed by atoms with E-state index in [4.69, 9.17) is 5.41 Å². The lowest BCUT2D eigenvalue weighted by molar-refractivity contribution is 1.36. The Kier molecular flexibility index (Phi) is 2.59. The van der Waals surface area contributed by atoms with Gasteiger partial charge in [-0.25, -0.2) is 0 Å². The first kappa shape index (κ1) is 9.59. The number of allylic oxidation sites excluding steroid dienone is 1. The molecule has 1 aromatic heterocycles. The molecule has 2 nitrogen and oxygen atoms in total. The van der Waals surface area contributed by atoms with Crippen molar-refractivity contribution < 1.29 is 0 Å². The van der Waals surface area contributed by atoms with Crippen molar-refractivity contribution in [3.05, 3.63) is 47.7 Å². The Bertz CT molecular complexity index is 527. The number of fused-ring (bicyclic) bond motifs is 1. The minimum atomic E-state index is 1.03. The predicted molar refractivity (Wildman–Crippen MR) is 64.3 cm³/mol. The van der Waals surface area contributed by atoms with Gasteiger partial charge in [0.25, 0.3) is 0 Å². The molecule has 0 amide bonds. The van der Waals surface area contributed by atoms with E-state index in [9.17, 15) is 0 Å². The lowest BCUT2D eigenvalue weighted by atomic mass is 10.0. The van der Waals surface area contributed by atoms with Crippen LogP contribution >= 0.6 is 0 Å². The zero-order chi connectivity index (χ0) is 10.7. The molecule has 0 aliphatic heterocycles.